The van der Waals surface area contributed by atoms with E-state index in [-0.39, 0.29) is 28.6 Å². The highest BCUT2D eigenvalue weighted by atomic mass is 32.2. The molecule has 1 saturated heterocycles. The van der Waals surface area contributed by atoms with Gasteiger partial charge in [-0.25, -0.2) is 13.4 Å². The molecule has 0 saturated carbocycles. The van der Waals surface area contributed by atoms with Crippen molar-refractivity contribution in [2.75, 3.05) is 31.0 Å². The molecule has 3 heterocycles. The zero-order valence-corrected chi connectivity index (χ0v) is 16.8. The van der Waals surface area contributed by atoms with Gasteiger partial charge in [-0.3, -0.25) is 18.7 Å². The Kier molecular flexibility index (Phi) is 5.51. The third-order valence-corrected chi connectivity index (χ3v) is 5.97. The molecule has 0 atom stereocenters. The maximum Gasteiger partial charge on any atom is 0.282 e. The Morgan fingerprint density at radius 2 is 1.83 bits per heavy atom. The normalized spacial score (nSPS) is 14.6. The highest BCUT2D eigenvalue weighted by Gasteiger charge is 2.22. The third-order valence-electron chi connectivity index (χ3n) is 4.73. The van der Waals surface area contributed by atoms with E-state index in [1.165, 1.54) is 10.6 Å². The van der Waals surface area contributed by atoms with Crippen molar-refractivity contribution < 1.29 is 17.9 Å². The first kappa shape index (κ1) is 20.0. The molecular formula is C20H20N4O5S. The number of carbonyl (C=O) groups is 1. The number of anilines is 1. The van der Waals surface area contributed by atoms with E-state index in [1.807, 2.05) is 0 Å². The first-order valence-corrected chi connectivity index (χ1v) is 11.0. The number of aromatic nitrogens is 2. The number of hydrogen-bond donors (Lipinski definition) is 1. The summed E-state index contributed by atoms with van der Waals surface area (Å²) in [5, 5.41) is 0. The molecule has 1 aromatic carbocycles. The van der Waals surface area contributed by atoms with E-state index in [0.29, 0.717) is 31.9 Å². The second-order valence-corrected chi connectivity index (χ2v) is 8.57. The molecule has 1 aliphatic heterocycles. The highest BCUT2D eigenvalue weighted by molar-refractivity contribution is 7.91. The van der Waals surface area contributed by atoms with Gasteiger partial charge in [0.1, 0.15) is 5.69 Å². The summed E-state index contributed by atoms with van der Waals surface area (Å²) in [4.78, 5) is 31.6. The van der Waals surface area contributed by atoms with Crippen molar-refractivity contribution in [2.24, 2.45) is 0 Å². The van der Waals surface area contributed by atoms with Crippen molar-refractivity contribution in [1.29, 1.82) is 0 Å². The molecule has 1 fully saturated rings. The number of pyridine rings is 1. The molecule has 0 bridgehead atoms. The molecule has 9 nitrogen and oxygen atoms in total. The Morgan fingerprint density at radius 3 is 2.57 bits per heavy atom. The fourth-order valence-corrected chi connectivity index (χ4v) is 4.46. The van der Waals surface area contributed by atoms with Crippen LogP contribution in [0.5, 0.6) is 0 Å². The van der Waals surface area contributed by atoms with Crippen LogP contribution >= 0.6 is 0 Å². The molecular weight excluding hydrogens is 408 g/mol. The smallest absolute Gasteiger partial charge is 0.282 e. The lowest BCUT2D eigenvalue weighted by Gasteiger charge is -2.27. The monoisotopic (exact) mass is 428 g/mol. The molecule has 3 aromatic rings. The van der Waals surface area contributed by atoms with Crippen LogP contribution in [0.1, 0.15) is 15.9 Å². The maximum atomic E-state index is 12.9. The summed E-state index contributed by atoms with van der Waals surface area (Å²) in [6.07, 6.45) is 2.60. The molecule has 1 aliphatic rings. The van der Waals surface area contributed by atoms with E-state index in [9.17, 15) is 18.0 Å². The standard InChI is InChI=1S/C20H20N4O5S/c25-19(23-9-11-29-12-10-23)16-7-4-8-24-18(16)21-13-17(20(24)26)22-30(27,28)14-15-5-2-1-3-6-15/h1-8,13,22H,9-12,14H2. The molecule has 0 spiro atoms. The summed E-state index contributed by atoms with van der Waals surface area (Å²) in [5.41, 5.74) is 0.255. The number of benzene rings is 1. The van der Waals surface area contributed by atoms with Gasteiger partial charge >= 0.3 is 0 Å². The summed E-state index contributed by atoms with van der Waals surface area (Å²) in [6.45, 7) is 1.83. The zero-order valence-electron chi connectivity index (χ0n) is 16.0. The molecule has 10 heteroatoms. The fraction of sp³-hybridized carbons (Fsp3) is 0.250. The van der Waals surface area contributed by atoms with E-state index in [1.54, 1.807) is 47.4 Å². The lowest BCUT2D eigenvalue weighted by atomic mass is 10.2. The van der Waals surface area contributed by atoms with Gasteiger partial charge in [-0.1, -0.05) is 30.3 Å². The van der Waals surface area contributed by atoms with E-state index in [0.717, 1.165) is 6.20 Å². The molecule has 0 radical (unpaired) electrons. The number of nitrogens with one attached hydrogen (secondary N) is 1. The number of hydrogen-bond acceptors (Lipinski definition) is 6. The molecule has 2 aromatic heterocycles. The van der Waals surface area contributed by atoms with Gasteiger partial charge in [0.05, 0.1) is 30.7 Å². The summed E-state index contributed by atoms with van der Waals surface area (Å²) in [5.74, 6) is -0.522. The predicted molar refractivity (Wildman–Crippen MR) is 111 cm³/mol. The summed E-state index contributed by atoms with van der Waals surface area (Å²) in [6, 6.07) is 11.8. The number of rotatable bonds is 5. The van der Waals surface area contributed by atoms with Gasteiger partial charge in [-0.15, -0.1) is 0 Å². The molecule has 1 N–H and O–H groups in total. The Hall–Kier alpha value is -3.24. The Bertz CT molecular complexity index is 1240. The van der Waals surface area contributed by atoms with Crippen molar-refractivity contribution in [2.45, 2.75) is 5.75 Å². The zero-order chi connectivity index (χ0) is 21.1. The minimum atomic E-state index is -3.81. The topological polar surface area (TPSA) is 110 Å². The van der Waals surface area contributed by atoms with Crippen molar-refractivity contribution in [3.63, 3.8) is 0 Å². The predicted octanol–water partition coefficient (Wildman–Crippen LogP) is 1.11. The Balaban J connectivity index is 1.64. The second-order valence-electron chi connectivity index (χ2n) is 6.84. The SMILES string of the molecule is O=C(c1cccn2c(=O)c(NS(=O)(=O)Cc3ccccc3)cnc12)N1CCOCC1. The van der Waals surface area contributed by atoms with Crippen LogP contribution in [0.25, 0.3) is 5.65 Å². The van der Waals surface area contributed by atoms with Crippen LogP contribution in [-0.4, -0.2) is 54.9 Å². The summed E-state index contributed by atoms with van der Waals surface area (Å²) in [7, 11) is -3.81. The molecule has 1 amide bonds. The van der Waals surface area contributed by atoms with Crippen LogP contribution in [0.2, 0.25) is 0 Å². The molecule has 4 rings (SSSR count). The van der Waals surface area contributed by atoms with Crippen LogP contribution in [0, 0.1) is 0 Å². The van der Waals surface area contributed by atoms with Gasteiger partial charge < -0.3 is 9.64 Å². The average molecular weight is 428 g/mol. The van der Waals surface area contributed by atoms with Crippen molar-refractivity contribution in [3.8, 4) is 0 Å². The largest absolute Gasteiger partial charge is 0.378 e. The van der Waals surface area contributed by atoms with Gasteiger partial charge in [0.15, 0.2) is 5.65 Å². The first-order chi connectivity index (χ1) is 14.4. The number of morpholine rings is 1. The number of fused-ring (bicyclic) bond motifs is 1. The molecule has 156 valence electrons. The highest BCUT2D eigenvalue weighted by Crippen LogP contribution is 2.14. The van der Waals surface area contributed by atoms with Gasteiger partial charge in [-0.05, 0) is 17.7 Å². The van der Waals surface area contributed by atoms with E-state index >= 15 is 0 Å². The lowest BCUT2D eigenvalue weighted by Crippen LogP contribution is -2.41. The summed E-state index contributed by atoms with van der Waals surface area (Å²) >= 11 is 0. The van der Waals surface area contributed by atoms with Crippen LogP contribution in [0.4, 0.5) is 5.69 Å². The first-order valence-electron chi connectivity index (χ1n) is 9.36. The van der Waals surface area contributed by atoms with Crippen LogP contribution in [-0.2, 0) is 20.5 Å². The van der Waals surface area contributed by atoms with Crippen LogP contribution in [0.3, 0.4) is 0 Å². The molecule has 0 unspecified atom stereocenters. The van der Waals surface area contributed by atoms with Gasteiger partial charge in [-0.2, -0.15) is 0 Å². The second kappa shape index (κ2) is 8.25. The molecule has 0 aliphatic carbocycles. The van der Waals surface area contributed by atoms with Gasteiger partial charge in [0.25, 0.3) is 11.5 Å². The maximum absolute atomic E-state index is 12.9. The van der Waals surface area contributed by atoms with Crippen LogP contribution in [0.15, 0.2) is 59.7 Å². The summed E-state index contributed by atoms with van der Waals surface area (Å²) < 4.78 is 33.7. The van der Waals surface area contributed by atoms with Crippen LogP contribution < -0.4 is 10.3 Å². The van der Waals surface area contributed by atoms with Crippen molar-refractivity contribution in [1.82, 2.24) is 14.3 Å². The Labute approximate surface area is 173 Å². The number of sulfonamides is 1. The molecule has 30 heavy (non-hydrogen) atoms. The quantitative estimate of drug-likeness (QED) is 0.652. The lowest BCUT2D eigenvalue weighted by molar-refractivity contribution is 0.0303. The average Bonchev–Trinajstić information content (AvgIpc) is 2.76. The number of ether oxygens (including phenoxy) is 1. The number of amides is 1. The Morgan fingerprint density at radius 1 is 1.10 bits per heavy atom. The minimum absolute atomic E-state index is 0.171. The number of nitrogens with zero attached hydrogens (tertiary/aromatic N) is 3. The van der Waals surface area contributed by atoms with Crippen molar-refractivity contribution in [3.05, 3.63) is 76.3 Å². The van der Waals surface area contributed by atoms with E-state index in [2.05, 4.69) is 9.71 Å². The van der Waals surface area contributed by atoms with E-state index < -0.39 is 15.6 Å². The fourth-order valence-electron chi connectivity index (χ4n) is 3.28. The number of carbonyl (C=O) groups excluding carboxylic acids is 1. The third kappa shape index (κ3) is 4.19. The minimum Gasteiger partial charge on any atom is -0.378 e. The van der Waals surface area contributed by atoms with Crippen molar-refractivity contribution >= 4 is 27.3 Å². The van der Waals surface area contributed by atoms with Gasteiger partial charge in [0.2, 0.25) is 10.0 Å². The van der Waals surface area contributed by atoms with Gasteiger partial charge in [0, 0.05) is 19.3 Å². The van der Waals surface area contributed by atoms with E-state index in [4.69, 9.17) is 4.74 Å².